The number of hydrogen-bond donors (Lipinski definition) is 2. The second-order valence-corrected chi connectivity index (χ2v) is 3.05. The lowest BCUT2D eigenvalue weighted by molar-refractivity contribution is 1.17. The number of rotatable bonds is 2. The van der Waals surface area contributed by atoms with Crippen molar-refractivity contribution >= 4 is 17.3 Å². The molecule has 0 fully saturated rings. The minimum absolute atomic E-state index is 0.376. The summed E-state index contributed by atoms with van der Waals surface area (Å²) in [6.07, 6.45) is 4.88. The fourth-order valence-electron chi connectivity index (χ4n) is 1.19. The number of aromatic nitrogens is 3. The minimum atomic E-state index is 0.376. The molecule has 15 heavy (non-hydrogen) atoms. The van der Waals surface area contributed by atoms with Crippen LogP contribution in [0, 0.1) is 6.92 Å². The van der Waals surface area contributed by atoms with Gasteiger partial charge in [-0.25, -0.2) is 9.97 Å². The van der Waals surface area contributed by atoms with E-state index in [2.05, 4.69) is 20.3 Å². The van der Waals surface area contributed by atoms with Crippen LogP contribution in [0.1, 0.15) is 5.69 Å². The molecule has 3 N–H and O–H groups in total. The first-order valence-corrected chi connectivity index (χ1v) is 4.52. The average molecular weight is 201 g/mol. The number of aryl methyl sites for hydroxylation is 1. The van der Waals surface area contributed by atoms with Gasteiger partial charge in [-0.3, -0.25) is 4.98 Å². The first-order chi connectivity index (χ1) is 7.27. The van der Waals surface area contributed by atoms with Crippen molar-refractivity contribution in [1.82, 2.24) is 15.0 Å². The number of nitrogens with one attached hydrogen (secondary N) is 1. The molecule has 0 saturated carbocycles. The first kappa shape index (κ1) is 9.39. The standard InChI is InChI=1S/C10H11N5/c1-7-8(3-2-4-12-7)15-10-9(11)13-5-6-14-10/h2-6H,1H3,(H2,11,13)(H,14,15). The highest BCUT2D eigenvalue weighted by atomic mass is 15.1. The molecule has 2 rings (SSSR count). The van der Waals surface area contributed by atoms with Crippen molar-refractivity contribution < 1.29 is 0 Å². The van der Waals surface area contributed by atoms with Crippen molar-refractivity contribution in [3.05, 3.63) is 36.4 Å². The third-order valence-corrected chi connectivity index (χ3v) is 1.99. The number of nitrogens with zero attached hydrogens (tertiary/aromatic N) is 3. The van der Waals surface area contributed by atoms with Crippen LogP contribution in [0.15, 0.2) is 30.7 Å². The maximum absolute atomic E-state index is 5.66. The molecule has 0 aliphatic heterocycles. The monoisotopic (exact) mass is 201 g/mol. The molecule has 0 atom stereocenters. The second kappa shape index (κ2) is 3.91. The molecule has 0 aliphatic rings. The zero-order valence-corrected chi connectivity index (χ0v) is 8.31. The normalized spacial score (nSPS) is 9.93. The molecule has 5 heteroatoms. The van der Waals surface area contributed by atoms with E-state index in [9.17, 15) is 0 Å². The van der Waals surface area contributed by atoms with Crippen molar-refractivity contribution in [3.8, 4) is 0 Å². The van der Waals surface area contributed by atoms with E-state index in [4.69, 9.17) is 5.73 Å². The van der Waals surface area contributed by atoms with Gasteiger partial charge in [0, 0.05) is 18.6 Å². The molecule has 0 unspecified atom stereocenters. The van der Waals surface area contributed by atoms with Crippen LogP contribution in [0.3, 0.4) is 0 Å². The lowest BCUT2D eigenvalue weighted by Crippen LogP contribution is -2.02. The Kier molecular flexibility index (Phi) is 2.45. The van der Waals surface area contributed by atoms with Gasteiger partial charge in [0.2, 0.25) is 0 Å². The smallest absolute Gasteiger partial charge is 0.173 e. The van der Waals surface area contributed by atoms with Crippen LogP contribution in [-0.2, 0) is 0 Å². The number of anilines is 3. The Hall–Kier alpha value is -2.17. The van der Waals surface area contributed by atoms with E-state index in [1.807, 2.05) is 19.1 Å². The van der Waals surface area contributed by atoms with Crippen LogP contribution in [0.25, 0.3) is 0 Å². The number of pyridine rings is 1. The van der Waals surface area contributed by atoms with Gasteiger partial charge in [-0.15, -0.1) is 0 Å². The Morgan fingerprint density at radius 3 is 2.67 bits per heavy atom. The molecule has 2 aromatic heterocycles. The Morgan fingerprint density at radius 1 is 1.13 bits per heavy atom. The van der Waals surface area contributed by atoms with Gasteiger partial charge in [-0.2, -0.15) is 0 Å². The van der Waals surface area contributed by atoms with Gasteiger partial charge in [0.05, 0.1) is 11.4 Å². The van der Waals surface area contributed by atoms with Crippen molar-refractivity contribution in [1.29, 1.82) is 0 Å². The van der Waals surface area contributed by atoms with Gasteiger partial charge in [0.25, 0.3) is 0 Å². The summed E-state index contributed by atoms with van der Waals surface area (Å²) in [4.78, 5) is 12.2. The van der Waals surface area contributed by atoms with Gasteiger partial charge in [0.15, 0.2) is 11.6 Å². The highest BCUT2D eigenvalue weighted by molar-refractivity contribution is 5.66. The van der Waals surface area contributed by atoms with Crippen LogP contribution in [-0.4, -0.2) is 15.0 Å². The summed E-state index contributed by atoms with van der Waals surface area (Å²) in [7, 11) is 0. The fourth-order valence-corrected chi connectivity index (χ4v) is 1.19. The topological polar surface area (TPSA) is 76.7 Å². The zero-order valence-electron chi connectivity index (χ0n) is 8.31. The van der Waals surface area contributed by atoms with Crippen molar-refractivity contribution in [2.75, 3.05) is 11.1 Å². The molecule has 76 valence electrons. The lowest BCUT2D eigenvalue weighted by atomic mass is 10.3. The lowest BCUT2D eigenvalue weighted by Gasteiger charge is -2.08. The molecule has 0 saturated heterocycles. The molecule has 0 amide bonds. The summed E-state index contributed by atoms with van der Waals surface area (Å²) < 4.78 is 0. The third-order valence-electron chi connectivity index (χ3n) is 1.99. The highest BCUT2D eigenvalue weighted by Crippen LogP contribution is 2.19. The highest BCUT2D eigenvalue weighted by Gasteiger charge is 2.03. The maximum Gasteiger partial charge on any atom is 0.173 e. The van der Waals surface area contributed by atoms with E-state index < -0.39 is 0 Å². The van der Waals surface area contributed by atoms with Crippen molar-refractivity contribution in [2.24, 2.45) is 0 Å². The van der Waals surface area contributed by atoms with Gasteiger partial charge in [0.1, 0.15) is 0 Å². The van der Waals surface area contributed by atoms with E-state index in [1.165, 1.54) is 0 Å². The van der Waals surface area contributed by atoms with Gasteiger partial charge < -0.3 is 11.1 Å². The summed E-state index contributed by atoms with van der Waals surface area (Å²) >= 11 is 0. The van der Waals surface area contributed by atoms with Crippen molar-refractivity contribution in [2.45, 2.75) is 6.92 Å². The minimum Gasteiger partial charge on any atom is -0.381 e. The molecule has 0 aromatic carbocycles. The molecule has 0 bridgehead atoms. The van der Waals surface area contributed by atoms with Crippen LogP contribution in [0.5, 0.6) is 0 Å². The van der Waals surface area contributed by atoms with Gasteiger partial charge >= 0.3 is 0 Å². The van der Waals surface area contributed by atoms with E-state index in [-0.39, 0.29) is 0 Å². The predicted octanol–water partition coefficient (Wildman–Crippen LogP) is 1.51. The van der Waals surface area contributed by atoms with Crippen LogP contribution in [0.2, 0.25) is 0 Å². The summed E-state index contributed by atoms with van der Waals surface area (Å²) in [6.45, 7) is 1.91. The zero-order chi connectivity index (χ0) is 10.7. The number of nitrogens with two attached hydrogens (primary N) is 1. The van der Waals surface area contributed by atoms with Crippen LogP contribution in [0.4, 0.5) is 17.3 Å². The summed E-state index contributed by atoms with van der Waals surface area (Å²) in [5.41, 5.74) is 7.43. The van der Waals surface area contributed by atoms with E-state index in [0.29, 0.717) is 11.6 Å². The summed E-state index contributed by atoms with van der Waals surface area (Å²) in [5, 5.41) is 3.08. The Balaban J connectivity index is 2.30. The summed E-state index contributed by atoms with van der Waals surface area (Å²) in [5.74, 6) is 0.925. The second-order valence-electron chi connectivity index (χ2n) is 3.05. The van der Waals surface area contributed by atoms with Crippen molar-refractivity contribution in [3.63, 3.8) is 0 Å². The number of nitrogen functional groups attached to an aromatic ring is 1. The largest absolute Gasteiger partial charge is 0.381 e. The molecule has 0 spiro atoms. The summed E-state index contributed by atoms with van der Waals surface area (Å²) in [6, 6.07) is 3.76. The first-order valence-electron chi connectivity index (χ1n) is 4.52. The number of hydrogen-bond acceptors (Lipinski definition) is 5. The fraction of sp³-hybridized carbons (Fsp3) is 0.100. The van der Waals surface area contributed by atoms with Crippen LogP contribution < -0.4 is 11.1 Å². The molecule has 2 aromatic rings. The molecule has 2 heterocycles. The Labute approximate surface area is 87.4 Å². The maximum atomic E-state index is 5.66. The molecular formula is C10H11N5. The van der Waals surface area contributed by atoms with Gasteiger partial charge in [-0.1, -0.05) is 0 Å². The Bertz CT molecular complexity index is 425. The van der Waals surface area contributed by atoms with E-state index >= 15 is 0 Å². The van der Waals surface area contributed by atoms with Gasteiger partial charge in [-0.05, 0) is 19.1 Å². The SMILES string of the molecule is Cc1ncccc1Nc1nccnc1N. The molecule has 0 aliphatic carbocycles. The predicted molar refractivity (Wildman–Crippen MR) is 58.7 cm³/mol. The van der Waals surface area contributed by atoms with E-state index in [1.54, 1.807) is 18.6 Å². The quantitative estimate of drug-likeness (QED) is 0.770. The molecule has 0 radical (unpaired) electrons. The third kappa shape index (κ3) is 2.01. The molecular weight excluding hydrogens is 190 g/mol. The Morgan fingerprint density at radius 2 is 1.93 bits per heavy atom. The van der Waals surface area contributed by atoms with Crippen LogP contribution >= 0.6 is 0 Å². The molecule has 5 nitrogen and oxygen atoms in total. The average Bonchev–Trinajstić information content (AvgIpc) is 2.24. The van der Waals surface area contributed by atoms with E-state index in [0.717, 1.165) is 11.4 Å².